The normalized spacial score (nSPS) is 14.3. The van der Waals surface area contributed by atoms with Gasteiger partial charge >= 0.3 is 12.0 Å². The monoisotopic (exact) mass is 520 g/mol. The minimum Gasteiger partial charge on any atom is -0.494 e. The summed E-state index contributed by atoms with van der Waals surface area (Å²) in [4.78, 5) is 50.6. The number of ether oxygens (including phenoxy) is 4. The first kappa shape index (κ1) is 26.0. The minimum absolute atomic E-state index is 0.00778. The number of esters is 1. The van der Waals surface area contributed by atoms with Crippen molar-refractivity contribution in [2.24, 2.45) is 0 Å². The second-order valence-electron chi connectivity index (χ2n) is 7.84. The van der Waals surface area contributed by atoms with Crippen molar-refractivity contribution >= 4 is 35.6 Å². The van der Waals surface area contributed by atoms with Crippen molar-refractivity contribution in [2.45, 2.75) is 13.5 Å². The highest BCUT2D eigenvalue weighted by Gasteiger charge is 2.36. The molecule has 2 aromatic carbocycles. The van der Waals surface area contributed by atoms with Crippen LogP contribution in [0.15, 0.2) is 64.6 Å². The molecule has 0 aliphatic carbocycles. The third-order valence-electron chi connectivity index (χ3n) is 5.42. The van der Waals surface area contributed by atoms with E-state index >= 15 is 0 Å². The number of rotatable bonds is 9. The zero-order valence-corrected chi connectivity index (χ0v) is 20.8. The molecule has 0 bridgehead atoms. The van der Waals surface area contributed by atoms with E-state index < -0.39 is 23.8 Å². The molecule has 11 nitrogen and oxygen atoms in total. The quantitative estimate of drug-likeness (QED) is 0.255. The Morgan fingerprint density at radius 3 is 2.42 bits per heavy atom. The smallest absolute Gasteiger partial charge is 0.373 e. The molecule has 4 amide bonds. The maximum Gasteiger partial charge on any atom is 0.373 e. The van der Waals surface area contributed by atoms with Gasteiger partial charge in [-0.05, 0) is 67.1 Å². The second kappa shape index (κ2) is 11.3. The van der Waals surface area contributed by atoms with Crippen LogP contribution in [-0.2, 0) is 20.9 Å². The molecular weight excluding hydrogens is 496 g/mol. The van der Waals surface area contributed by atoms with E-state index in [4.69, 9.17) is 18.6 Å². The second-order valence-corrected chi connectivity index (χ2v) is 7.84. The van der Waals surface area contributed by atoms with Gasteiger partial charge < -0.3 is 23.4 Å². The number of carbonyl (C=O) groups is 4. The van der Waals surface area contributed by atoms with E-state index in [1.807, 2.05) is 6.92 Å². The van der Waals surface area contributed by atoms with Crippen LogP contribution in [0.5, 0.6) is 17.2 Å². The van der Waals surface area contributed by atoms with E-state index in [0.717, 1.165) is 4.90 Å². The summed E-state index contributed by atoms with van der Waals surface area (Å²) in [7, 11) is 2.69. The number of amides is 4. The van der Waals surface area contributed by atoms with Crippen molar-refractivity contribution < 1.29 is 42.5 Å². The molecule has 1 aromatic heterocycles. The van der Waals surface area contributed by atoms with Crippen molar-refractivity contribution in [3.8, 4) is 17.2 Å². The fourth-order valence-electron chi connectivity index (χ4n) is 3.62. The Morgan fingerprint density at radius 1 is 0.974 bits per heavy atom. The van der Waals surface area contributed by atoms with Gasteiger partial charge in [0.05, 0.1) is 26.5 Å². The SMILES string of the molecule is CCOc1ccc(N2C(=O)NC(=O)C(=Cc3ccc(OCc4ccc(C(=O)OC)o4)c(OC)c3)C2=O)cc1. The highest BCUT2D eigenvalue weighted by molar-refractivity contribution is 6.39. The summed E-state index contributed by atoms with van der Waals surface area (Å²) in [6, 6.07) is 13.4. The van der Waals surface area contributed by atoms with Gasteiger partial charge in [0, 0.05) is 0 Å². The Bertz CT molecular complexity index is 1410. The lowest BCUT2D eigenvalue weighted by molar-refractivity contribution is -0.122. The van der Waals surface area contributed by atoms with Crippen LogP contribution in [0.1, 0.15) is 28.8 Å². The lowest BCUT2D eigenvalue weighted by Gasteiger charge is -2.26. The number of barbiturate groups is 1. The molecule has 0 saturated carbocycles. The minimum atomic E-state index is -0.851. The molecule has 11 heteroatoms. The molecule has 0 spiro atoms. The highest BCUT2D eigenvalue weighted by Crippen LogP contribution is 2.31. The van der Waals surface area contributed by atoms with Gasteiger partial charge in [0.2, 0.25) is 5.76 Å². The molecule has 3 aromatic rings. The maximum absolute atomic E-state index is 13.2. The number of nitrogens with zero attached hydrogens (tertiary/aromatic N) is 1. The van der Waals surface area contributed by atoms with Gasteiger partial charge in [-0.25, -0.2) is 14.5 Å². The van der Waals surface area contributed by atoms with Crippen molar-refractivity contribution in [3.63, 3.8) is 0 Å². The summed E-state index contributed by atoms with van der Waals surface area (Å²) in [6.45, 7) is 2.32. The van der Waals surface area contributed by atoms with Crippen LogP contribution in [-0.4, -0.2) is 44.6 Å². The molecule has 4 rings (SSSR count). The summed E-state index contributed by atoms with van der Waals surface area (Å²) in [5.41, 5.74) is 0.503. The summed E-state index contributed by atoms with van der Waals surface area (Å²) in [6.07, 6.45) is 1.35. The number of urea groups is 1. The number of furan rings is 1. The Morgan fingerprint density at radius 2 is 1.74 bits per heavy atom. The predicted molar refractivity (Wildman–Crippen MR) is 134 cm³/mol. The van der Waals surface area contributed by atoms with Crippen LogP contribution in [0.4, 0.5) is 10.5 Å². The first-order valence-corrected chi connectivity index (χ1v) is 11.5. The van der Waals surface area contributed by atoms with Crippen molar-refractivity contribution in [1.82, 2.24) is 5.32 Å². The number of nitrogens with one attached hydrogen (secondary N) is 1. The number of hydrogen-bond donors (Lipinski definition) is 1. The van der Waals surface area contributed by atoms with E-state index in [2.05, 4.69) is 10.1 Å². The molecule has 0 unspecified atom stereocenters. The molecule has 2 heterocycles. The molecule has 38 heavy (non-hydrogen) atoms. The first-order chi connectivity index (χ1) is 18.3. The molecule has 1 fully saturated rings. The number of imide groups is 2. The Labute approximate surface area is 217 Å². The van der Waals surface area contributed by atoms with Crippen LogP contribution in [0.25, 0.3) is 6.08 Å². The summed E-state index contributed by atoms with van der Waals surface area (Å²) < 4.78 is 26.5. The molecule has 0 radical (unpaired) electrons. The molecule has 1 aliphatic rings. The summed E-state index contributed by atoms with van der Waals surface area (Å²) in [5.74, 6) is -0.496. The molecule has 1 saturated heterocycles. The fraction of sp³-hybridized carbons (Fsp3) is 0.185. The maximum atomic E-state index is 13.2. The van der Waals surface area contributed by atoms with E-state index in [1.165, 1.54) is 26.4 Å². The largest absolute Gasteiger partial charge is 0.494 e. The van der Waals surface area contributed by atoms with Crippen LogP contribution < -0.4 is 24.4 Å². The Kier molecular flexibility index (Phi) is 7.76. The van der Waals surface area contributed by atoms with Gasteiger partial charge in [-0.3, -0.25) is 14.9 Å². The lowest BCUT2D eigenvalue weighted by atomic mass is 10.1. The lowest BCUT2D eigenvalue weighted by Crippen LogP contribution is -2.54. The Balaban J connectivity index is 1.54. The zero-order valence-electron chi connectivity index (χ0n) is 20.8. The predicted octanol–water partition coefficient (Wildman–Crippen LogP) is 3.72. The van der Waals surface area contributed by atoms with Crippen molar-refractivity contribution in [3.05, 3.63) is 77.3 Å². The number of benzene rings is 2. The number of carbonyl (C=O) groups excluding carboxylic acids is 4. The highest BCUT2D eigenvalue weighted by atomic mass is 16.5. The van der Waals surface area contributed by atoms with Crippen LogP contribution >= 0.6 is 0 Å². The van der Waals surface area contributed by atoms with Crippen molar-refractivity contribution in [1.29, 1.82) is 0 Å². The standard InChI is InChI=1S/C27H24N2O9/c1-4-36-18-8-6-17(7-9-18)29-25(31)20(24(30)28-27(29)33)13-16-5-11-21(23(14-16)34-2)37-15-19-10-12-22(38-19)26(32)35-3/h5-14H,4,15H2,1-3H3,(H,28,30,33). The van der Waals surface area contributed by atoms with Crippen LogP contribution in [0.3, 0.4) is 0 Å². The van der Waals surface area contributed by atoms with E-state index in [9.17, 15) is 19.2 Å². The van der Waals surface area contributed by atoms with Crippen molar-refractivity contribution in [2.75, 3.05) is 25.7 Å². The third kappa shape index (κ3) is 5.51. The van der Waals surface area contributed by atoms with Gasteiger partial charge in [0.25, 0.3) is 11.8 Å². The third-order valence-corrected chi connectivity index (χ3v) is 5.42. The van der Waals surface area contributed by atoms with Gasteiger partial charge in [-0.1, -0.05) is 6.07 Å². The molecule has 1 N–H and O–H groups in total. The van der Waals surface area contributed by atoms with Crippen LogP contribution in [0.2, 0.25) is 0 Å². The van der Waals surface area contributed by atoms with Gasteiger partial charge in [-0.15, -0.1) is 0 Å². The summed E-state index contributed by atoms with van der Waals surface area (Å²) >= 11 is 0. The van der Waals surface area contributed by atoms with Gasteiger partial charge in [0.15, 0.2) is 11.5 Å². The number of hydrogen-bond acceptors (Lipinski definition) is 9. The van der Waals surface area contributed by atoms with E-state index in [1.54, 1.807) is 48.5 Å². The molecule has 0 atom stereocenters. The van der Waals surface area contributed by atoms with E-state index in [-0.39, 0.29) is 23.6 Å². The first-order valence-electron chi connectivity index (χ1n) is 11.5. The Hall–Kier alpha value is -5.06. The van der Waals surface area contributed by atoms with E-state index in [0.29, 0.717) is 35.2 Å². The topological polar surface area (TPSA) is 134 Å². The average Bonchev–Trinajstić information content (AvgIpc) is 3.40. The molecule has 196 valence electrons. The van der Waals surface area contributed by atoms with Gasteiger partial charge in [-0.2, -0.15) is 0 Å². The molecule has 1 aliphatic heterocycles. The van der Waals surface area contributed by atoms with Gasteiger partial charge in [0.1, 0.15) is 23.7 Å². The molecular formula is C27H24N2O9. The fourth-order valence-corrected chi connectivity index (χ4v) is 3.62. The average molecular weight is 520 g/mol. The zero-order chi connectivity index (χ0) is 27.2. The number of anilines is 1. The summed E-state index contributed by atoms with van der Waals surface area (Å²) in [5, 5.41) is 2.19. The van der Waals surface area contributed by atoms with Crippen LogP contribution in [0, 0.1) is 0 Å². The number of methoxy groups -OCH3 is 2.